The van der Waals surface area contributed by atoms with Crippen molar-refractivity contribution in [3.63, 3.8) is 0 Å². The van der Waals surface area contributed by atoms with Crippen LogP contribution in [-0.4, -0.2) is 54.2 Å². The minimum absolute atomic E-state index is 0.0889. The van der Waals surface area contributed by atoms with Gasteiger partial charge in [-0.1, -0.05) is 6.58 Å². The Morgan fingerprint density at radius 1 is 1.32 bits per heavy atom. The lowest BCUT2D eigenvalue weighted by atomic mass is 10.3. The molecule has 0 aliphatic carbocycles. The molecule has 7 nitrogen and oxygen atoms in total. The van der Waals surface area contributed by atoms with E-state index in [1.54, 1.807) is 6.92 Å². The van der Waals surface area contributed by atoms with Crippen LogP contribution in [0.5, 0.6) is 0 Å². The normalized spacial score (nSPS) is 13.1. The summed E-state index contributed by atoms with van der Waals surface area (Å²) in [4.78, 5) is 11.2. The van der Waals surface area contributed by atoms with Gasteiger partial charge in [0.1, 0.15) is 6.73 Å². The van der Waals surface area contributed by atoms with Crippen LogP contribution in [0.2, 0.25) is 6.04 Å². The Hall–Kier alpha value is -0.773. The third kappa shape index (κ3) is 6.81. The first-order valence-corrected chi connectivity index (χ1v) is 7.72. The highest BCUT2D eigenvalue weighted by atomic mass is 28.4. The fourth-order valence-electron chi connectivity index (χ4n) is 1.29. The van der Waals surface area contributed by atoms with E-state index in [2.05, 4.69) is 11.9 Å². The monoisotopic (exact) mass is 293 g/mol. The third-order valence-electron chi connectivity index (χ3n) is 2.53. The quantitative estimate of drug-likeness (QED) is 0.341. The smallest absolute Gasteiger partial charge is 0.377 e. The maximum Gasteiger partial charge on any atom is 0.500 e. The van der Waals surface area contributed by atoms with Crippen LogP contribution in [0.25, 0.3) is 0 Å². The van der Waals surface area contributed by atoms with E-state index in [1.165, 1.54) is 21.3 Å². The average Bonchev–Trinajstić information content (AvgIpc) is 2.40. The van der Waals surface area contributed by atoms with Crippen molar-refractivity contribution in [2.75, 3.05) is 28.1 Å². The van der Waals surface area contributed by atoms with Gasteiger partial charge in [-0.15, -0.1) is 0 Å². The molecular weight excluding hydrogens is 270 g/mol. The lowest BCUT2D eigenvalue weighted by Crippen LogP contribution is -2.43. The van der Waals surface area contributed by atoms with Crippen molar-refractivity contribution < 1.29 is 27.9 Å². The van der Waals surface area contributed by atoms with Crippen molar-refractivity contribution >= 4 is 14.7 Å². The maximum atomic E-state index is 11.2. The van der Waals surface area contributed by atoms with E-state index in [1.807, 2.05) is 0 Å². The topological polar surface area (TPSA) is 86.3 Å². The van der Waals surface area contributed by atoms with Gasteiger partial charge in [0.25, 0.3) is 0 Å². The summed E-state index contributed by atoms with van der Waals surface area (Å²) < 4.78 is 20.7. The SMILES string of the molecule is C=C(C)C(=O)NCOC(O)CC[Si](OC)(OC)OC. The number of aliphatic hydroxyl groups excluding tert-OH is 1. The molecule has 0 bridgehead atoms. The number of aliphatic hydroxyl groups is 1. The molecule has 0 spiro atoms. The number of hydrogen-bond acceptors (Lipinski definition) is 6. The van der Waals surface area contributed by atoms with Gasteiger partial charge in [0, 0.05) is 39.4 Å². The van der Waals surface area contributed by atoms with Gasteiger partial charge < -0.3 is 28.4 Å². The largest absolute Gasteiger partial charge is 0.500 e. The number of carbonyl (C=O) groups excluding carboxylic acids is 1. The predicted molar refractivity (Wildman–Crippen MR) is 71.1 cm³/mol. The van der Waals surface area contributed by atoms with Crippen LogP contribution in [0.3, 0.4) is 0 Å². The van der Waals surface area contributed by atoms with Gasteiger partial charge in [-0.3, -0.25) is 4.79 Å². The number of rotatable bonds is 10. The second-order valence-corrected chi connectivity index (χ2v) is 6.98. The van der Waals surface area contributed by atoms with E-state index in [0.29, 0.717) is 11.6 Å². The summed E-state index contributed by atoms with van der Waals surface area (Å²) in [7, 11) is 1.80. The van der Waals surface area contributed by atoms with Crippen molar-refractivity contribution in [3.8, 4) is 0 Å². The fourth-order valence-corrected chi connectivity index (χ4v) is 3.01. The van der Waals surface area contributed by atoms with Gasteiger partial charge in [-0.25, -0.2) is 0 Å². The van der Waals surface area contributed by atoms with Crippen molar-refractivity contribution in [2.24, 2.45) is 0 Å². The first-order chi connectivity index (χ1) is 8.90. The number of ether oxygens (including phenoxy) is 1. The summed E-state index contributed by atoms with van der Waals surface area (Å²) in [6.07, 6.45) is -0.747. The summed E-state index contributed by atoms with van der Waals surface area (Å²) in [5.74, 6) is -0.318. The van der Waals surface area contributed by atoms with Crippen LogP contribution in [0.15, 0.2) is 12.2 Å². The molecule has 0 aliphatic rings. The molecule has 0 saturated carbocycles. The van der Waals surface area contributed by atoms with Gasteiger partial charge in [0.15, 0.2) is 6.29 Å². The zero-order valence-electron chi connectivity index (χ0n) is 11.9. The van der Waals surface area contributed by atoms with Crippen molar-refractivity contribution in [2.45, 2.75) is 25.7 Å². The zero-order valence-corrected chi connectivity index (χ0v) is 12.9. The lowest BCUT2D eigenvalue weighted by Gasteiger charge is -2.25. The van der Waals surface area contributed by atoms with Crippen molar-refractivity contribution in [3.05, 3.63) is 12.2 Å². The maximum absolute atomic E-state index is 11.2. The Labute approximate surface area is 114 Å². The molecule has 0 heterocycles. The molecule has 0 rings (SSSR count). The molecule has 8 heteroatoms. The van der Waals surface area contributed by atoms with Crippen LogP contribution >= 0.6 is 0 Å². The Balaban J connectivity index is 3.95. The first-order valence-electron chi connectivity index (χ1n) is 5.79. The molecular formula is C11H23NO6Si. The third-order valence-corrected chi connectivity index (χ3v) is 5.29. The predicted octanol–water partition coefficient (Wildman–Crippen LogP) is 0.239. The van der Waals surface area contributed by atoms with E-state index >= 15 is 0 Å². The highest BCUT2D eigenvalue weighted by Crippen LogP contribution is 2.16. The molecule has 0 saturated heterocycles. The van der Waals surface area contributed by atoms with E-state index in [9.17, 15) is 9.90 Å². The second kappa shape index (κ2) is 9.18. The second-order valence-electron chi connectivity index (χ2n) is 3.89. The van der Waals surface area contributed by atoms with Crippen molar-refractivity contribution in [1.29, 1.82) is 0 Å². The Bertz CT molecular complexity index is 287. The van der Waals surface area contributed by atoms with Crippen LogP contribution in [0.4, 0.5) is 0 Å². The minimum Gasteiger partial charge on any atom is -0.377 e. The van der Waals surface area contributed by atoms with Crippen LogP contribution in [0.1, 0.15) is 13.3 Å². The molecule has 112 valence electrons. The van der Waals surface area contributed by atoms with E-state index in [4.69, 9.17) is 18.0 Å². The van der Waals surface area contributed by atoms with E-state index in [-0.39, 0.29) is 19.1 Å². The Morgan fingerprint density at radius 2 is 1.84 bits per heavy atom. The van der Waals surface area contributed by atoms with E-state index in [0.717, 1.165) is 0 Å². The van der Waals surface area contributed by atoms with Crippen LogP contribution in [-0.2, 0) is 22.8 Å². The fraction of sp³-hybridized carbons (Fsp3) is 0.727. The van der Waals surface area contributed by atoms with Gasteiger partial charge in [0.2, 0.25) is 5.91 Å². The highest BCUT2D eigenvalue weighted by Gasteiger charge is 2.37. The number of amides is 1. The van der Waals surface area contributed by atoms with Gasteiger partial charge in [-0.05, 0) is 6.92 Å². The van der Waals surface area contributed by atoms with Gasteiger partial charge in [-0.2, -0.15) is 0 Å². The first kappa shape index (κ1) is 18.2. The number of carbonyl (C=O) groups is 1. The molecule has 1 unspecified atom stereocenters. The zero-order chi connectivity index (χ0) is 14.9. The summed E-state index contributed by atoms with van der Waals surface area (Å²) in [5, 5.41) is 12.1. The molecule has 2 N–H and O–H groups in total. The van der Waals surface area contributed by atoms with E-state index < -0.39 is 15.1 Å². The molecule has 1 amide bonds. The Morgan fingerprint density at radius 3 is 2.26 bits per heavy atom. The summed E-state index contributed by atoms with van der Waals surface area (Å²) in [5.41, 5.74) is 0.377. The van der Waals surface area contributed by atoms with Gasteiger partial charge >= 0.3 is 8.80 Å². The number of nitrogens with one attached hydrogen (secondary N) is 1. The Kier molecular flexibility index (Phi) is 8.81. The average molecular weight is 293 g/mol. The molecule has 0 aromatic heterocycles. The molecule has 0 fully saturated rings. The minimum atomic E-state index is -2.70. The molecule has 1 atom stereocenters. The molecule has 0 aromatic rings. The molecule has 0 aliphatic heterocycles. The highest BCUT2D eigenvalue weighted by molar-refractivity contribution is 6.60. The molecule has 0 radical (unpaired) electrons. The van der Waals surface area contributed by atoms with Crippen LogP contribution < -0.4 is 5.32 Å². The summed E-state index contributed by atoms with van der Waals surface area (Å²) >= 11 is 0. The van der Waals surface area contributed by atoms with Crippen LogP contribution in [0, 0.1) is 0 Å². The lowest BCUT2D eigenvalue weighted by molar-refractivity contribution is -0.129. The molecule has 19 heavy (non-hydrogen) atoms. The summed E-state index contributed by atoms with van der Waals surface area (Å²) in [6.45, 7) is 4.98. The molecule has 0 aromatic carbocycles. The van der Waals surface area contributed by atoms with Gasteiger partial charge in [0.05, 0.1) is 0 Å². The number of hydrogen-bond donors (Lipinski definition) is 2. The van der Waals surface area contributed by atoms with Crippen molar-refractivity contribution in [1.82, 2.24) is 5.32 Å². The standard InChI is InChI=1S/C11H23NO6Si/c1-9(2)11(14)12-8-18-10(13)6-7-19(15-3,16-4)17-5/h10,13H,1,6-8H2,2-5H3,(H,12,14). The summed E-state index contributed by atoms with van der Waals surface area (Å²) in [6, 6.07) is 0.409.